The van der Waals surface area contributed by atoms with Crippen molar-refractivity contribution in [3.63, 3.8) is 0 Å². The molecule has 1 amide bonds. The lowest BCUT2D eigenvalue weighted by atomic mass is 9.54. The number of carbonyl (C=O) groups is 2. The van der Waals surface area contributed by atoms with Crippen LogP contribution in [0.3, 0.4) is 0 Å². The predicted octanol–water partition coefficient (Wildman–Crippen LogP) is 1.67. The Morgan fingerprint density at radius 2 is 2.25 bits per heavy atom. The van der Waals surface area contributed by atoms with Crippen molar-refractivity contribution in [3.8, 4) is 0 Å². The smallest absolute Gasteiger partial charge is 0.330 e. The second-order valence-corrected chi connectivity index (χ2v) is 5.51. The van der Waals surface area contributed by atoms with Gasteiger partial charge in [0.05, 0.1) is 12.4 Å². The van der Waals surface area contributed by atoms with Gasteiger partial charge in [0, 0.05) is 18.4 Å². The largest absolute Gasteiger partial charge is 0.479 e. The maximum Gasteiger partial charge on any atom is 0.330 e. The lowest BCUT2D eigenvalue weighted by molar-refractivity contribution is -0.190. The van der Waals surface area contributed by atoms with Crippen LogP contribution in [0.5, 0.6) is 0 Å². The zero-order valence-corrected chi connectivity index (χ0v) is 11.8. The Kier molecular flexibility index (Phi) is 3.60. The van der Waals surface area contributed by atoms with Gasteiger partial charge in [-0.05, 0) is 19.1 Å². The number of carboxylic acid groups (broad SMARTS) is 1. The number of ether oxygens (including phenoxy) is 1. The van der Waals surface area contributed by atoms with Crippen molar-refractivity contribution in [3.05, 3.63) is 24.2 Å². The van der Waals surface area contributed by atoms with Crippen LogP contribution >= 0.6 is 0 Å². The maximum atomic E-state index is 12.1. The summed E-state index contributed by atoms with van der Waals surface area (Å²) in [5.74, 6) is -1.49. The summed E-state index contributed by atoms with van der Waals surface area (Å²) in [6.07, 6.45) is 1.42. The number of amides is 1. The van der Waals surface area contributed by atoms with Crippen LogP contribution in [0.1, 0.15) is 37.7 Å². The molecule has 0 bridgehead atoms. The zero-order chi connectivity index (χ0) is 15.0. The van der Waals surface area contributed by atoms with Gasteiger partial charge in [0.25, 0.3) is 5.91 Å². The molecule has 1 aromatic rings. The Hall–Kier alpha value is -1.82. The molecule has 0 spiro atoms. The molecule has 1 aliphatic rings. The molecule has 1 fully saturated rings. The first-order chi connectivity index (χ1) is 9.35. The molecule has 1 heterocycles. The average Bonchev–Trinajstić information content (AvgIpc) is 2.90. The molecule has 110 valence electrons. The summed E-state index contributed by atoms with van der Waals surface area (Å²) < 4.78 is 10.5. The second kappa shape index (κ2) is 4.94. The van der Waals surface area contributed by atoms with Crippen LogP contribution in [0, 0.1) is 5.41 Å². The van der Waals surface area contributed by atoms with E-state index in [1.165, 1.54) is 12.3 Å². The molecule has 0 saturated heterocycles. The molecular weight excluding hydrogens is 262 g/mol. The van der Waals surface area contributed by atoms with E-state index in [4.69, 9.17) is 9.15 Å². The number of carboxylic acids is 1. The first-order valence-electron chi connectivity index (χ1n) is 6.56. The lowest BCUT2D eigenvalue weighted by Gasteiger charge is -2.58. The van der Waals surface area contributed by atoms with Crippen LogP contribution in [0.4, 0.5) is 0 Å². The number of rotatable bonds is 5. The predicted molar refractivity (Wildman–Crippen MR) is 70.4 cm³/mol. The molecule has 2 atom stereocenters. The standard InChI is InChI=1S/C14H19NO5/c1-4-19-10-8-14(12(17)18,13(10,2)3)15-11(16)9-6-5-7-20-9/h5-7,10H,4,8H2,1-3H3,(H,15,16)(H,17,18)/t10-,14-/m0/s1. The molecular formula is C14H19NO5. The van der Waals surface area contributed by atoms with E-state index in [0.717, 1.165) is 0 Å². The van der Waals surface area contributed by atoms with E-state index in [1.807, 2.05) is 6.92 Å². The Morgan fingerprint density at radius 1 is 1.55 bits per heavy atom. The minimum Gasteiger partial charge on any atom is -0.479 e. The molecule has 6 heteroatoms. The maximum absolute atomic E-state index is 12.1. The Bertz CT molecular complexity index is 508. The first kappa shape index (κ1) is 14.6. The molecule has 0 aliphatic heterocycles. The summed E-state index contributed by atoms with van der Waals surface area (Å²) in [5.41, 5.74) is -2.03. The summed E-state index contributed by atoms with van der Waals surface area (Å²) in [6, 6.07) is 3.08. The van der Waals surface area contributed by atoms with Crippen molar-refractivity contribution in [1.29, 1.82) is 0 Å². The van der Waals surface area contributed by atoms with E-state index in [1.54, 1.807) is 19.9 Å². The van der Waals surface area contributed by atoms with Gasteiger partial charge in [-0.25, -0.2) is 4.79 Å². The third-order valence-corrected chi connectivity index (χ3v) is 4.20. The fourth-order valence-electron chi connectivity index (χ4n) is 2.70. The molecule has 0 radical (unpaired) electrons. The second-order valence-electron chi connectivity index (χ2n) is 5.51. The summed E-state index contributed by atoms with van der Waals surface area (Å²) >= 11 is 0. The van der Waals surface area contributed by atoms with Crippen LogP contribution in [0.2, 0.25) is 0 Å². The number of hydrogen-bond acceptors (Lipinski definition) is 4. The van der Waals surface area contributed by atoms with Crippen molar-refractivity contribution in [1.82, 2.24) is 5.32 Å². The van der Waals surface area contributed by atoms with Crippen molar-refractivity contribution in [2.45, 2.75) is 38.8 Å². The van der Waals surface area contributed by atoms with Gasteiger partial charge in [0.15, 0.2) is 5.76 Å². The normalized spacial score (nSPS) is 27.6. The number of aliphatic carboxylic acids is 1. The molecule has 0 unspecified atom stereocenters. The minimum atomic E-state index is -1.34. The van der Waals surface area contributed by atoms with Gasteiger partial charge in [0.1, 0.15) is 5.54 Å². The third-order valence-electron chi connectivity index (χ3n) is 4.20. The molecule has 2 N–H and O–H groups in total. The summed E-state index contributed by atoms with van der Waals surface area (Å²) in [5, 5.41) is 12.1. The van der Waals surface area contributed by atoms with Crippen LogP contribution < -0.4 is 5.32 Å². The van der Waals surface area contributed by atoms with Crippen LogP contribution in [0.25, 0.3) is 0 Å². The molecule has 2 rings (SSSR count). The molecule has 6 nitrogen and oxygen atoms in total. The Balaban J connectivity index is 2.21. The van der Waals surface area contributed by atoms with Gasteiger partial charge in [-0.1, -0.05) is 13.8 Å². The topological polar surface area (TPSA) is 88.8 Å². The van der Waals surface area contributed by atoms with E-state index < -0.39 is 22.8 Å². The molecule has 1 saturated carbocycles. The highest BCUT2D eigenvalue weighted by molar-refractivity contribution is 5.96. The lowest BCUT2D eigenvalue weighted by Crippen LogP contribution is -2.76. The minimum absolute atomic E-state index is 0.0984. The Labute approximate surface area is 117 Å². The van der Waals surface area contributed by atoms with E-state index in [9.17, 15) is 14.7 Å². The summed E-state index contributed by atoms with van der Waals surface area (Å²) in [4.78, 5) is 23.7. The molecule has 1 aliphatic carbocycles. The third kappa shape index (κ3) is 2.00. The van der Waals surface area contributed by atoms with Gasteiger partial charge in [-0.3, -0.25) is 4.79 Å². The fraction of sp³-hybridized carbons (Fsp3) is 0.571. The monoisotopic (exact) mass is 281 g/mol. The van der Waals surface area contributed by atoms with Crippen LogP contribution in [0.15, 0.2) is 22.8 Å². The van der Waals surface area contributed by atoms with Gasteiger partial charge in [0.2, 0.25) is 0 Å². The van der Waals surface area contributed by atoms with Gasteiger partial charge < -0.3 is 19.6 Å². The van der Waals surface area contributed by atoms with E-state index in [0.29, 0.717) is 6.61 Å². The van der Waals surface area contributed by atoms with Gasteiger partial charge >= 0.3 is 5.97 Å². The highest BCUT2D eigenvalue weighted by Gasteiger charge is 2.66. The SMILES string of the molecule is CCO[C@H]1C[C@](NC(=O)c2ccco2)(C(=O)O)C1(C)C. The molecule has 1 aromatic heterocycles. The van der Waals surface area contributed by atoms with E-state index in [-0.39, 0.29) is 18.3 Å². The van der Waals surface area contributed by atoms with Gasteiger partial charge in [-0.15, -0.1) is 0 Å². The molecule has 20 heavy (non-hydrogen) atoms. The summed E-state index contributed by atoms with van der Waals surface area (Å²) in [6.45, 7) is 5.94. The highest BCUT2D eigenvalue weighted by atomic mass is 16.5. The van der Waals surface area contributed by atoms with Crippen molar-refractivity contribution in [2.75, 3.05) is 6.61 Å². The van der Waals surface area contributed by atoms with Crippen molar-refractivity contribution < 1.29 is 23.8 Å². The zero-order valence-electron chi connectivity index (χ0n) is 11.8. The fourth-order valence-corrected chi connectivity index (χ4v) is 2.70. The number of hydrogen-bond donors (Lipinski definition) is 2. The number of nitrogens with one attached hydrogen (secondary N) is 1. The number of furan rings is 1. The van der Waals surface area contributed by atoms with E-state index >= 15 is 0 Å². The highest BCUT2D eigenvalue weighted by Crippen LogP contribution is 2.51. The van der Waals surface area contributed by atoms with E-state index in [2.05, 4.69) is 5.32 Å². The quantitative estimate of drug-likeness (QED) is 0.857. The van der Waals surface area contributed by atoms with Crippen molar-refractivity contribution in [2.24, 2.45) is 5.41 Å². The molecule has 0 aromatic carbocycles. The van der Waals surface area contributed by atoms with Crippen molar-refractivity contribution >= 4 is 11.9 Å². The first-order valence-corrected chi connectivity index (χ1v) is 6.56. The Morgan fingerprint density at radius 3 is 2.70 bits per heavy atom. The summed E-state index contributed by atoms with van der Waals surface area (Å²) in [7, 11) is 0. The van der Waals surface area contributed by atoms with Gasteiger partial charge in [-0.2, -0.15) is 0 Å². The van der Waals surface area contributed by atoms with Crippen LogP contribution in [-0.4, -0.2) is 35.2 Å². The average molecular weight is 281 g/mol. The van der Waals surface area contributed by atoms with Crippen LogP contribution in [-0.2, 0) is 9.53 Å². The number of carbonyl (C=O) groups excluding carboxylic acids is 1.